The summed E-state index contributed by atoms with van der Waals surface area (Å²) >= 11 is 0. The number of ether oxygens (including phenoxy) is 1. The highest BCUT2D eigenvalue weighted by Gasteiger charge is 2.42. The van der Waals surface area contributed by atoms with E-state index < -0.39 is 11.4 Å². The van der Waals surface area contributed by atoms with Gasteiger partial charge in [-0.3, -0.25) is 4.79 Å². The summed E-state index contributed by atoms with van der Waals surface area (Å²) in [6.07, 6.45) is 9.96. The molecule has 1 N–H and O–H groups in total. The molecule has 1 aliphatic carbocycles. The Morgan fingerprint density at radius 1 is 1.34 bits per heavy atom. The topological polar surface area (TPSA) is 89.2 Å². The Morgan fingerprint density at radius 3 is 2.72 bits per heavy atom. The van der Waals surface area contributed by atoms with Crippen LogP contribution in [0.25, 0.3) is 0 Å². The summed E-state index contributed by atoms with van der Waals surface area (Å²) < 4.78 is 19.5. The quantitative estimate of drug-likeness (QED) is 0.775. The fraction of sp³-hybridized carbons (Fsp3) is 0.500. The molecule has 150 valence electrons. The minimum atomic E-state index is -1.11. The molecule has 0 unspecified atom stereocenters. The zero-order chi connectivity index (χ0) is 20.9. The van der Waals surface area contributed by atoms with E-state index in [1.54, 1.807) is 12.1 Å². The predicted octanol–water partition coefficient (Wildman–Crippen LogP) is 2.49. The predicted molar refractivity (Wildman–Crippen MR) is 104 cm³/mol. The van der Waals surface area contributed by atoms with Crippen molar-refractivity contribution in [2.45, 2.75) is 56.2 Å². The van der Waals surface area contributed by atoms with Crippen LogP contribution in [0.15, 0.2) is 18.2 Å². The van der Waals surface area contributed by atoms with Crippen molar-refractivity contribution in [3.63, 3.8) is 0 Å². The second kappa shape index (κ2) is 8.95. The molecule has 2 fully saturated rings. The molecule has 1 aromatic rings. The minimum Gasteiger partial charge on any atom is -0.490 e. The van der Waals surface area contributed by atoms with Gasteiger partial charge in [-0.2, -0.15) is 10.5 Å². The van der Waals surface area contributed by atoms with Crippen LogP contribution in [0.3, 0.4) is 0 Å². The van der Waals surface area contributed by atoms with Crippen LogP contribution < -0.4 is 10.1 Å². The van der Waals surface area contributed by atoms with Crippen molar-refractivity contribution in [2.75, 3.05) is 13.1 Å². The van der Waals surface area contributed by atoms with E-state index in [1.807, 2.05) is 0 Å². The largest absolute Gasteiger partial charge is 0.490 e. The van der Waals surface area contributed by atoms with Crippen molar-refractivity contribution in [1.82, 2.24) is 10.2 Å². The standard InChI is InChI=1S/C22H23FN4O2/c1-2-22(15-25)10-3-11-27(22)21(28)14-26-17-5-8-18(9-6-17)29-19-7-4-16(13-24)20(23)12-19/h1,4,7,12,17-18,26H,3,5-6,8-11,14H2/t17-,18-,22-/m1/s1. The van der Waals surface area contributed by atoms with Crippen molar-refractivity contribution >= 4 is 5.91 Å². The molecule has 6 nitrogen and oxygen atoms in total. The van der Waals surface area contributed by atoms with Gasteiger partial charge in [0.15, 0.2) is 5.54 Å². The Bertz CT molecular complexity index is 874. The molecule has 1 saturated carbocycles. The number of amides is 1. The molecular weight excluding hydrogens is 371 g/mol. The molecule has 1 atom stereocenters. The summed E-state index contributed by atoms with van der Waals surface area (Å²) in [5.41, 5.74) is -1.11. The SMILES string of the molecule is C#C[C@]1(C#N)CCCN1C(=O)CN[C@H]1CC[C@H](Oc2ccc(C#N)c(F)c2)CC1. The molecule has 1 saturated heterocycles. The number of halogens is 1. The maximum absolute atomic E-state index is 13.7. The number of carbonyl (C=O) groups excluding carboxylic acids is 1. The lowest BCUT2D eigenvalue weighted by Crippen LogP contribution is -2.50. The summed E-state index contributed by atoms with van der Waals surface area (Å²) in [7, 11) is 0. The van der Waals surface area contributed by atoms with Gasteiger partial charge < -0.3 is 15.0 Å². The number of rotatable bonds is 5. The first-order valence-electron chi connectivity index (χ1n) is 9.80. The molecule has 29 heavy (non-hydrogen) atoms. The van der Waals surface area contributed by atoms with Gasteiger partial charge in [-0.1, -0.05) is 5.92 Å². The van der Waals surface area contributed by atoms with Crippen molar-refractivity contribution in [3.05, 3.63) is 29.6 Å². The van der Waals surface area contributed by atoms with E-state index in [0.29, 0.717) is 18.7 Å². The van der Waals surface area contributed by atoms with E-state index in [4.69, 9.17) is 16.4 Å². The molecular formula is C22H23FN4O2. The van der Waals surface area contributed by atoms with E-state index in [9.17, 15) is 14.4 Å². The monoisotopic (exact) mass is 394 g/mol. The third kappa shape index (κ3) is 4.50. The number of nitrogens with zero attached hydrogens (tertiary/aromatic N) is 3. The molecule has 1 aromatic carbocycles. The zero-order valence-electron chi connectivity index (χ0n) is 16.2. The Morgan fingerprint density at radius 2 is 2.10 bits per heavy atom. The number of terminal acetylenes is 1. The molecule has 1 amide bonds. The molecule has 0 spiro atoms. The molecule has 0 aromatic heterocycles. The Labute approximate surface area is 170 Å². The maximum Gasteiger partial charge on any atom is 0.238 e. The van der Waals surface area contributed by atoms with Gasteiger partial charge in [0, 0.05) is 18.7 Å². The first-order valence-corrected chi connectivity index (χ1v) is 9.80. The van der Waals surface area contributed by atoms with Gasteiger partial charge in [0.1, 0.15) is 23.7 Å². The van der Waals surface area contributed by atoms with Gasteiger partial charge in [0.25, 0.3) is 0 Å². The Hall–Kier alpha value is -3.08. The molecule has 7 heteroatoms. The van der Waals surface area contributed by atoms with Crippen LogP contribution >= 0.6 is 0 Å². The number of nitriles is 2. The highest BCUT2D eigenvalue weighted by Crippen LogP contribution is 2.28. The Kier molecular flexibility index (Phi) is 6.37. The second-order valence-corrected chi connectivity index (χ2v) is 7.49. The van der Waals surface area contributed by atoms with Gasteiger partial charge >= 0.3 is 0 Å². The number of likely N-dealkylation sites (tertiary alicyclic amines) is 1. The number of hydrogen-bond donors (Lipinski definition) is 1. The lowest BCUT2D eigenvalue weighted by atomic mass is 9.93. The third-order valence-electron chi connectivity index (χ3n) is 5.69. The van der Waals surface area contributed by atoms with E-state index >= 15 is 0 Å². The molecule has 0 radical (unpaired) electrons. The van der Waals surface area contributed by atoms with E-state index in [-0.39, 0.29) is 30.2 Å². The highest BCUT2D eigenvalue weighted by atomic mass is 19.1. The minimum absolute atomic E-state index is 0.00168. The Balaban J connectivity index is 1.45. The summed E-state index contributed by atoms with van der Waals surface area (Å²) in [6.45, 7) is 0.669. The molecule has 2 aliphatic rings. The zero-order valence-corrected chi connectivity index (χ0v) is 16.2. The maximum atomic E-state index is 13.7. The van der Waals surface area contributed by atoms with E-state index in [0.717, 1.165) is 32.1 Å². The first-order chi connectivity index (χ1) is 14.0. The van der Waals surface area contributed by atoms with Crippen molar-refractivity contribution in [1.29, 1.82) is 10.5 Å². The molecule has 1 aliphatic heterocycles. The van der Waals surface area contributed by atoms with Gasteiger partial charge in [0.05, 0.1) is 18.2 Å². The number of benzene rings is 1. The van der Waals surface area contributed by atoms with Crippen LogP contribution in [0, 0.1) is 40.8 Å². The third-order valence-corrected chi connectivity index (χ3v) is 5.69. The first kappa shape index (κ1) is 20.6. The summed E-state index contributed by atoms with van der Waals surface area (Å²) in [6, 6.07) is 8.35. The van der Waals surface area contributed by atoms with Gasteiger partial charge in [-0.25, -0.2) is 4.39 Å². The summed E-state index contributed by atoms with van der Waals surface area (Å²) in [5.74, 6) is 2.18. The fourth-order valence-corrected chi connectivity index (χ4v) is 4.02. The van der Waals surface area contributed by atoms with Crippen LogP contribution in [-0.4, -0.2) is 41.6 Å². The number of nitrogens with one attached hydrogen (secondary N) is 1. The second-order valence-electron chi connectivity index (χ2n) is 7.49. The average molecular weight is 394 g/mol. The summed E-state index contributed by atoms with van der Waals surface area (Å²) in [5, 5.41) is 21.4. The van der Waals surface area contributed by atoms with Crippen LogP contribution in [0.2, 0.25) is 0 Å². The van der Waals surface area contributed by atoms with E-state index in [2.05, 4.69) is 17.3 Å². The van der Waals surface area contributed by atoms with Gasteiger partial charge in [-0.15, -0.1) is 6.42 Å². The fourth-order valence-electron chi connectivity index (χ4n) is 4.02. The van der Waals surface area contributed by atoms with Crippen molar-refractivity contribution < 1.29 is 13.9 Å². The van der Waals surface area contributed by atoms with Crippen LogP contribution in [-0.2, 0) is 4.79 Å². The van der Waals surface area contributed by atoms with Crippen LogP contribution in [0.1, 0.15) is 44.1 Å². The van der Waals surface area contributed by atoms with E-state index in [1.165, 1.54) is 17.0 Å². The molecule has 3 rings (SSSR count). The van der Waals surface area contributed by atoms with Gasteiger partial charge in [0.2, 0.25) is 5.91 Å². The van der Waals surface area contributed by atoms with Crippen molar-refractivity contribution in [2.24, 2.45) is 0 Å². The average Bonchev–Trinajstić information content (AvgIpc) is 3.18. The summed E-state index contributed by atoms with van der Waals surface area (Å²) in [4.78, 5) is 14.1. The number of hydrogen-bond acceptors (Lipinski definition) is 5. The van der Waals surface area contributed by atoms with Crippen LogP contribution in [0.4, 0.5) is 4.39 Å². The number of carbonyl (C=O) groups is 1. The lowest BCUT2D eigenvalue weighted by molar-refractivity contribution is -0.131. The van der Waals surface area contributed by atoms with Crippen LogP contribution in [0.5, 0.6) is 5.75 Å². The highest BCUT2D eigenvalue weighted by molar-refractivity contribution is 5.80. The molecule has 0 bridgehead atoms. The smallest absolute Gasteiger partial charge is 0.238 e. The molecule has 1 heterocycles. The normalized spacial score (nSPS) is 26.2. The van der Waals surface area contributed by atoms with Gasteiger partial charge in [-0.05, 0) is 50.7 Å². The lowest BCUT2D eigenvalue weighted by Gasteiger charge is -2.31. The van der Waals surface area contributed by atoms with Crippen molar-refractivity contribution in [3.8, 4) is 30.2 Å².